The molecule has 0 bridgehead atoms. The molecule has 3 heterocycles. The zero-order valence-electron chi connectivity index (χ0n) is 9.00. The molecule has 0 spiro atoms. The number of rotatable bonds is 2. The topological polar surface area (TPSA) is 59.3 Å². The molecule has 18 heavy (non-hydrogen) atoms. The van der Waals surface area contributed by atoms with E-state index in [1.165, 1.54) is 11.3 Å². The summed E-state index contributed by atoms with van der Waals surface area (Å²) in [5, 5.41) is 8.78. The molecule has 0 aliphatic rings. The fraction of sp³-hybridized carbons (Fsp3) is 0. The second-order valence-corrected chi connectivity index (χ2v) is 5.25. The largest absolute Gasteiger partial charge is 0.306 e. The number of nitrogens with one attached hydrogen (secondary N) is 1. The number of anilines is 1. The molecule has 0 radical (unpaired) electrons. The van der Waals surface area contributed by atoms with E-state index in [-0.39, 0.29) is 5.91 Å². The number of aromatic nitrogens is 3. The Labute approximate surface area is 115 Å². The molecule has 3 aromatic heterocycles. The van der Waals surface area contributed by atoms with Gasteiger partial charge in [-0.15, -0.1) is 11.3 Å². The van der Waals surface area contributed by atoms with Crippen molar-refractivity contribution >= 4 is 44.6 Å². The van der Waals surface area contributed by atoms with Crippen LogP contribution in [0.4, 0.5) is 5.82 Å². The highest BCUT2D eigenvalue weighted by Crippen LogP contribution is 2.23. The van der Waals surface area contributed by atoms with E-state index in [0.717, 1.165) is 4.47 Å². The molecule has 5 nitrogen and oxygen atoms in total. The van der Waals surface area contributed by atoms with Gasteiger partial charge in [-0.05, 0) is 33.4 Å². The number of carbonyl (C=O) groups excluding carboxylic acids is 1. The van der Waals surface area contributed by atoms with Crippen LogP contribution >= 0.6 is 27.3 Å². The number of hydrogen-bond acceptors (Lipinski definition) is 4. The van der Waals surface area contributed by atoms with Crippen LogP contribution in [-0.2, 0) is 0 Å². The molecular formula is C11H7BrN4OS. The molecule has 7 heteroatoms. The van der Waals surface area contributed by atoms with Gasteiger partial charge in [0.15, 0.2) is 5.65 Å². The van der Waals surface area contributed by atoms with Gasteiger partial charge in [-0.1, -0.05) is 0 Å². The summed E-state index contributed by atoms with van der Waals surface area (Å²) in [6.07, 6.45) is 3.27. The standard InChI is InChI=1S/C11H7BrN4OS/c12-7-3-6-18-10(7)11(17)15-9-1-4-13-8-2-5-14-16(8)9/h1-6H,(H,15,17). The van der Waals surface area contributed by atoms with Gasteiger partial charge in [0.2, 0.25) is 0 Å². The highest BCUT2D eigenvalue weighted by Gasteiger charge is 2.13. The first kappa shape index (κ1) is 11.4. The lowest BCUT2D eigenvalue weighted by Crippen LogP contribution is -2.14. The van der Waals surface area contributed by atoms with Gasteiger partial charge >= 0.3 is 0 Å². The van der Waals surface area contributed by atoms with E-state index in [9.17, 15) is 4.79 Å². The molecule has 0 saturated carbocycles. The lowest BCUT2D eigenvalue weighted by atomic mass is 10.4. The molecule has 0 aromatic carbocycles. The summed E-state index contributed by atoms with van der Waals surface area (Å²) in [6.45, 7) is 0. The van der Waals surface area contributed by atoms with Crippen molar-refractivity contribution in [2.45, 2.75) is 0 Å². The third kappa shape index (κ3) is 1.91. The maximum Gasteiger partial charge on any atom is 0.268 e. The van der Waals surface area contributed by atoms with Gasteiger partial charge in [0.05, 0.1) is 6.20 Å². The van der Waals surface area contributed by atoms with Crippen LogP contribution in [-0.4, -0.2) is 20.5 Å². The van der Waals surface area contributed by atoms with Crippen molar-refractivity contribution in [3.8, 4) is 0 Å². The Morgan fingerprint density at radius 3 is 3.00 bits per heavy atom. The van der Waals surface area contributed by atoms with Crippen LogP contribution in [0.1, 0.15) is 9.67 Å². The normalized spacial score (nSPS) is 10.7. The van der Waals surface area contributed by atoms with Crippen LogP contribution in [0.2, 0.25) is 0 Å². The number of amides is 1. The van der Waals surface area contributed by atoms with Crippen molar-refractivity contribution < 1.29 is 4.79 Å². The minimum Gasteiger partial charge on any atom is -0.306 e. The summed E-state index contributed by atoms with van der Waals surface area (Å²) in [5.41, 5.74) is 0.693. The monoisotopic (exact) mass is 322 g/mol. The van der Waals surface area contributed by atoms with Crippen LogP contribution in [0, 0.1) is 0 Å². The van der Waals surface area contributed by atoms with Gasteiger partial charge in [-0.2, -0.15) is 9.61 Å². The van der Waals surface area contributed by atoms with Gasteiger partial charge in [-0.3, -0.25) is 4.79 Å². The van der Waals surface area contributed by atoms with Gasteiger partial charge < -0.3 is 5.32 Å². The smallest absolute Gasteiger partial charge is 0.268 e. The Balaban J connectivity index is 1.95. The molecule has 3 aromatic rings. The molecule has 0 fully saturated rings. The minimum absolute atomic E-state index is 0.167. The molecule has 0 atom stereocenters. The molecule has 90 valence electrons. The van der Waals surface area contributed by atoms with Crippen LogP contribution in [0.15, 0.2) is 40.4 Å². The minimum atomic E-state index is -0.167. The molecule has 0 unspecified atom stereocenters. The van der Waals surface area contributed by atoms with E-state index >= 15 is 0 Å². The number of nitrogens with zero attached hydrogens (tertiary/aromatic N) is 3. The summed E-state index contributed by atoms with van der Waals surface area (Å²) < 4.78 is 2.37. The summed E-state index contributed by atoms with van der Waals surface area (Å²) in [4.78, 5) is 16.8. The maximum atomic E-state index is 12.1. The third-order valence-electron chi connectivity index (χ3n) is 2.36. The molecule has 1 amide bonds. The number of fused-ring (bicyclic) bond motifs is 1. The van der Waals surface area contributed by atoms with E-state index in [2.05, 4.69) is 31.3 Å². The first-order valence-corrected chi connectivity index (χ1v) is 6.76. The zero-order valence-corrected chi connectivity index (χ0v) is 11.4. The third-order valence-corrected chi connectivity index (χ3v) is 4.19. The van der Waals surface area contributed by atoms with Crippen molar-refractivity contribution in [1.82, 2.24) is 14.6 Å². The lowest BCUT2D eigenvalue weighted by Gasteiger charge is -2.05. The van der Waals surface area contributed by atoms with Crippen molar-refractivity contribution in [3.05, 3.63) is 45.3 Å². The van der Waals surface area contributed by atoms with E-state index in [4.69, 9.17) is 0 Å². The van der Waals surface area contributed by atoms with Gasteiger partial charge in [0.1, 0.15) is 10.7 Å². The second-order valence-electron chi connectivity index (χ2n) is 3.48. The highest BCUT2D eigenvalue weighted by molar-refractivity contribution is 9.10. The average molecular weight is 323 g/mol. The molecule has 0 saturated heterocycles. The maximum absolute atomic E-state index is 12.1. The van der Waals surface area contributed by atoms with Crippen LogP contribution < -0.4 is 5.32 Å². The number of thiophene rings is 1. The second kappa shape index (κ2) is 4.51. The first-order valence-electron chi connectivity index (χ1n) is 5.09. The Hall–Kier alpha value is -1.73. The highest BCUT2D eigenvalue weighted by atomic mass is 79.9. The van der Waals surface area contributed by atoms with Gasteiger partial charge in [-0.25, -0.2) is 4.98 Å². The fourth-order valence-electron chi connectivity index (χ4n) is 1.56. The van der Waals surface area contributed by atoms with E-state index in [1.54, 1.807) is 29.0 Å². The van der Waals surface area contributed by atoms with Crippen LogP contribution in [0.5, 0.6) is 0 Å². The van der Waals surface area contributed by atoms with Crippen molar-refractivity contribution in [3.63, 3.8) is 0 Å². The molecular weight excluding hydrogens is 316 g/mol. The predicted molar refractivity (Wildman–Crippen MR) is 73.0 cm³/mol. The Bertz CT molecular complexity index is 720. The predicted octanol–water partition coefficient (Wildman–Crippen LogP) is 2.81. The summed E-state index contributed by atoms with van der Waals surface area (Å²) in [6, 6.07) is 5.33. The zero-order chi connectivity index (χ0) is 12.5. The quantitative estimate of drug-likeness (QED) is 0.789. The van der Waals surface area contributed by atoms with Crippen molar-refractivity contribution in [2.24, 2.45) is 0 Å². The van der Waals surface area contributed by atoms with Crippen molar-refractivity contribution in [1.29, 1.82) is 0 Å². The first-order chi connectivity index (χ1) is 8.75. The van der Waals surface area contributed by atoms with Gasteiger partial charge in [0, 0.05) is 16.7 Å². The Morgan fingerprint density at radius 2 is 2.22 bits per heavy atom. The Kier molecular flexibility index (Phi) is 2.85. The molecule has 0 aliphatic heterocycles. The molecule has 3 rings (SSSR count). The molecule has 0 aliphatic carbocycles. The number of carbonyl (C=O) groups is 1. The van der Waals surface area contributed by atoms with Crippen molar-refractivity contribution in [2.75, 3.05) is 5.32 Å². The average Bonchev–Trinajstić information content (AvgIpc) is 2.97. The molecule has 1 N–H and O–H groups in total. The number of hydrogen-bond donors (Lipinski definition) is 1. The summed E-state index contributed by atoms with van der Waals surface area (Å²) in [5.74, 6) is 0.426. The van der Waals surface area contributed by atoms with E-state index in [1.807, 2.05) is 11.4 Å². The van der Waals surface area contributed by atoms with E-state index < -0.39 is 0 Å². The lowest BCUT2D eigenvalue weighted by molar-refractivity contribution is 0.102. The van der Waals surface area contributed by atoms with Crippen LogP contribution in [0.25, 0.3) is 5.65 Å². The van der Waals surface area contributed by atoms with Gasteiger partial charge in [0.25, 0.3) is 5.91 Å². The van der Waals surface area contributed by atoms with E-state index in [0.29, 0.717) is 16.3 Å². The Morgan fingerprint density at radius 1 is 1.33 bits per heavy atom. The number of halogens is 1. The SMILES string of the molecule is O=C(Nc1ccnc2ccnn12)c1sccc1Br. The summed E-state index contributed by atoms with van der Waals surface area (Å²) >= 11 is 4.72. The fourth-order valence-corrected chi connectivity index (χ4v) is 3.00. The summed E-state index contributed by atoms with van der Waals surface area (Å²) in [7, 11) is 0. The van der Waals surface area contributed by atoms with Crippen LogP contribution in [0.3, 0.4) is 0 Å².